The molecule has 2 aromatic carbocycles. The molecule has 38 heavy (non-hydrogen) atoms. The summed E-state index contributed by atoms with van der Waals surface area (Å²) in [4.78, 5) is 31.9. The van der Waals surface area contributed by atoms with E-state index in [1.165, 1.54) is 6.42 Å². The highest BCUT2D eigenvalue weighted by atomic mass is 16.5. The van der Waals surface area contributed by atoms with Gasteiger partial charge in [-0.3, -0.25) is 9.59 Å². The Balaban J connectivity index is 1.15. The molecule has 0 aliphatic heterocycles. The first-order valence-corrected chi connectivity index (χ1v) is 13.5. The zero-order valence-corrected chi connectivity index (χ0v) is 22.1. The van der Waals surface area contributed by atoms with Crippen LogP contribution in [0.15, 0.2) is 71.4 Å². The van der Waals surface area contributed by atoms with Gasteiger partial charge < -0.3 is 18.6 Å². The number of likely N-dealkylation sites (N-methyl/N-ethyl adjacent to an activating group) is 1. The minimum Gasteiger partial charge on any atom is -0.492 e. The number of hydrogen-bond donors (Lipinski definition) is 0. The van der Waals surface area contributed by atoms with Gasteiger partial charge in [-0.1, -0.05) is 43.5 Å². The van der Waals surface area contributed by atoms with Crippen LogP contribution in [0, 0.1) is 5.92 Å². The molecule has 1 aliphatic rings. The van der Waals surface area contributed by atoms with Crippen molar-refractivity contribution in [1.29, 1.82) is 0 Å². The smallest absolute Gasteiger partial charge is 0.298 e. The molecular weight excluding hydrogens is 478 g/mol. The van der Waals surface area contributed by atoms with Gasteiger partial charge in [-0.25, -0.2) is 0 Å². The van der Waals surface area contributed by atoms with E-state index in [1.54, 1.807) is 6.92 Å². The lowest BCUT2D eigenvalue weighted by atomic mass is 9.84. The predicted molar refractivity (Wildman–Crippen MR) is 148 cm³/mol. The summed E-state index contributed by atoms with van der Waals surface area (Å²) in [5.74, 6) is 1.17. The summed E-state index contributed by atoms with van der Waals surface area (Å²) < 4.78 is 13.6. The van der Waals surface area contributed by atoms with Crippen LogP contribution in [0.4, 0.5) is 6.01 Å². The average molecular weight is 514 g/mol. The summed E-state index contributed by atoms with van der Waals surface area (Å²) in [6.07, 6.45) is 9.70. The first-order chi connectivity index (χ1) is 18.5. The Morgan fingerprint density at radius 1 is 1.08 bits per heavy atom. The molecule has 0 radical (unpaired) electrons. The Labute approximate surface area is 223 Å². The molecule has 2 heterocycles. The lowest BCUT2D eigenvalue weighted by Crippen LogP contribution is -2.24. The fourth-order valence-electron chi connectivity index (χ4n) is 5.18. The van der Waals surface area contributed by atoms with Crippen LogP contribution < -0.4 is 9.64 Å². The van der Waals surface area contributed by atoms with Crippen LogP contribution in [0.1, 0.15) is 61.0 Å². The number of ether oxygens (including phenoxy) is 1. The van der Waals surface area contributed by atoms with Crippen LogP contribution in [0.2, 0.25) is 0 Å². The summed E-state index contributed by atoms with van der Waals surface area (Å²) in [5, 5.41) is 0. The third-order valence-electron chi connectivity index (χ3n) is 7.46. The number of carbonyl (C=O) groups is 2. The molecule has 1 saturated carbocycles. The van der Waals surface area contributed by atoms with Crippen LogP contribution in [-0.4, -0.2) is 41.3 Å². The monoisotopic (exact) mass is 513 g/mol. The Morgan fingerprint density at radius 3 is 2.58 bits per heavy atom. The predicted octanol–water partition coefficient (Wildman–Crippen LogP) is 6.28. The highest BCUT2D eigenvalue weighted by Crippen LogP contribution is 2.28. The zero-order valence-electron chi connectivity index (χ0n) is 22.1. The normalized spacial score (nSPS) is 14.9. The van der Waals surface area contributed by atoms with Gasteiger partial charge in [0, 0.05) is 37.3 Å². The lowest BCUT2D eigenvalue weighted by Gasteiger charge is -2.20. The molecule has 5 rings (SSSR count). The summed E-state index contributed by atoms with van der Waals surface area (Å²) in [6, 6.07) is 17.6. The molecule has 1 fully saturated rings. The molecule has 1 atom stereocenters. The van der Waals surface area contributed by atoms with Gasteiger partial charge in [-0.15, -0.1) is 0 Å². The van der Waals surface area contributed by atoms with Crippen molar-refractivity contribution < 1.29 is 18.7 Å². The van der Waals surface area contributed by atoms with E-state index in [-0.39, 0.29) is 23.5 Å². The summed E-state index contributed by atoms with van der Waals surface area (Å²) >= 11 is 0. The average Bonchev–Trinajstić information content (AvgIpc) is 3.60. The Hall–Kier alpha value is -3.87. The van der Waals surface area contributed by atoms with Crippen LogP contribution in [0.25, 0.3) is 11.1 Å². The number of benzene rings is 2. The minimum absolute atomic E-state index is 0.0693. The Morgan fingerprint density at radius 2 is 1.84 bits per heavy atom. The summed E-state index contributed by atoms with van der Waals surface area (Å²) in [7, 11) is 1.93. The maximum atomic E-state index is 12.9. The molecule has 0 bridgehead atoms. The van der Waals surface area contributed by atoms with E-state index in [0.717, 1.165) is 53.7 Å². The third-order valence-corrected chi connectivity index (χ3v) is 7.46. The van der Waals surface area contributed by atoms with Gasteiger partial charge in [0.25, 0.3) is 6.01 Å². The van der Waals surface area contributed by atoms with Crippen molar-refractivity contribution in [3.8, 4) is 5.75 Å². The van der Waals surface area contributed by atoms with Gasteiger partial charge >= 0.3 is 0 Å². The molecule has 4 aromatic rings. The van der Waals surface area contributed by atoms with Gasteiger partial charge in [0.2, 0.25) is 0 Å². The highest BCUT2D eigenvalue weighted by Gasteiger charge is 2.24. The quantitative estimate of drug-likeness (QED) is 0.220. The number of hydrogen-bond acceptors (Lipinski definition) is 6. The van der Waals surface area contributed by atoms with E-state index in [2.05, 4.69) is 4.98 Å². The lowest BCUT2D eigenvalue weighted by molar-refractivity contribution is -0.120. The number of carbonyl (C=O) groups excluding carboxylic acids is 2. The van der Waals surface area contributed by atoms with E-state index in [9.17, 15) is 9.59 Å². The summed E-state index contributed by atoms with van der Waals surface area (Å²) in [5.41, 5.74) is 3.35. The maximum Gasteiger partial charge on any atom is 0.298 e. The van der Waals surface area contributed by atoms with Crippen molar-refractivity contribution in [3.63, 3.8) is 0 Å². The Kier molecular flexibility index (Phi) is 7.91. The minimum atomic E-state index is -0.348. The fourth-order valence-corrected chi connectivity index (χ4v) is 5.18. The van der Waals surface area contributed by atoms with E-state index >= 15 is 0 Å². The second-order valence-electron chi connectivity index (χ2n) is 10.3. The third kappa shape index (κ3) is 5.98. The fraction of sp³-hybridized carbons (Fsp3) is 0.387. The van der Waals surface area contributed by atoms with Crippen molar-refractivity contribution in [2.45, 2.75) is 51.5 Å². The molecule has 7 nitrogen and oxygen atoms in total. The number of nitrogens with zero attached hydrogens (tertiary/aromatic N) is 3. The number of ketones is 2. The van der Waals surface area contributed by atoms with Crippen molar-refractivity contribution in [2.75, 3.05) is 25.1 Å². The van der Waals surface area contributed by atoms with Crippen LogP contribution in [0.5, 0.6) is 5.75 Å². The molecule has 7 heteroatoms. The number of oxazole rings is 1. The zero-order chi connectivity index (χ0) is 26.5. The molecule has 1 aliphatic carbocycles. The number of Topliss-reactive ketones (excluding diaryl/α,β-unsaturated/α-hetero) is 2. The van der Waals surface area contributed by atoms with Gasteiger partial charge in [0.1, 0.15) is 17.9 Å². The Bertz CT molecular complexity index is 1350. The van der Waals surface area contributed by atoms with Crippen molar-refractivity contribution in [3.05, 3.63) is 78.1 Å². The van der Waals surface area contributed by atoms with Crippen molar-refractivity contribution in [1.82, 2.24) is 9.55 Å². The second kappa shape index (κ2) is 11.7. The largest absolute Gasteiger partial charge is 0.492 e. The standard InChI is InChI=1S/C31H35N3O4/c1-22(35)28(34-17-16-25(21-34)30(36)24-8-4-3-5-9-24)20-23-12-14-26(15-13-23)37-19-18-33(2)31-32-27-10-6-7-11-29(27)38-31/h6-7,10-17,21,24,28H,3-5,8-9,18-20H2,1-2H3/t28-/m0/s1. The van der Waals surface area contributed by atoms with Crippen LogP contribution in [-0.2, 0) is 11.2 Å². The molecule has 0 saturated heterocycles. The number of aromatic nitrogens is 2. The van der Waals surface area contributed by atoms with E-state index < -0.39 is 0 Å². The topological polar surface area (TPSA) is 77.6 Å². The molecule has 0 spiro atoms. The van der Waals surface area contributed by atoms with Crippen LogP contribution in [0.3, 0.4) is 0 Å². The molecule has 2 aromatic heterocycles. The number of anilines is 1. The molecule has 0 amide bonds. The molecule has 198 valence electrons. The molecular formula is C31H35N3O4. The summed E-state index contributed by atoms with van der Waals surface area (Å²) in [6.45, 7) is 2.71. The van der Waals surface area contributed by atoms with E-state index in [0.29, 0.717) is 25.6 Å². The number of rotatable bonds is 11. The van der Waals surface area contributed by atoms with Gasteiger partial charge in [0.05, 0.1) is 12.6 Å². The first kappa shape index (κ1) is 25.8. The van der Waals surface area contributed by atoms with E-state index in [1.807, 2.05) is 83.5 Å². The van der Waals surface area contributed by atoms with Gasteiger partial charge in [-0.05, 0) is 55.7 Å². The van der Waals surface area contributed by atoms with Gasteiger partial charge in [-0.2, -0.15) is 4.98 Å². The highest BCUT2D eigenvalue weighted by molar-refractivity contribution is 5.98. The van der Waals surface area contributed by atoms with Crippen molar-refractivity contribution >= 4 is 28.7 Å². The number of fused-ring (bicyclic) bond motifs is 1. The van der Waals surface area contributed by atoms with Gasteiger partial charge in [0.15, 0.2) is 17.1 Å². The van der Waals surface area contributed by atoms with Crippen LogP contribution >= 0.6 is 0 Å². The maximum absolute atomic E-state index is 12.9. The first-order valence-electron chi connectivity index (χ1n) is 13.5. The SMILES string of the molecule is CC(=O)[C@H](Cc1ccc(OCCN(C)c2nc3ccccc3o2)cc1)n1ccc(C(=O)C2CCCCC2)c1. The molecule has 0 unspecified atom stereocenters. The van der Waals surface area contributed by atoms with Crippen molar-refractivity contribution in [2.24, 2.45) is 5.92 Å². The molecule has 0 N–H and O–H groups in total. The number of para-hydroxylation sites is 2. The second-order valence-corrected chi connectivity index (χ2v) is 10.3. The van der Waals surface area contributed by atoms with E-state index in [4.69, 9.17) is 9.15 Å².